The van der Waals surface area contributed by atoms with Crippen molar-refractivity contribution in [1.82, 2.24) is 15.3 Å². The highest BCUT2D eigenvalue weighted by Gasteiger charge is 2.14. The third kappa shape index (κ3) is 5.59. The first-order valence-corrected chi connectivity index (χ1v) is 11.8. The summed E-state index contributed by atoms with van der Waals surface area (Å²) in [5.74, 6) is -0.000746. The van der Waals surface area contributed by atoms with Crippen LogP contribution in [0.5, 0.6) is 0 Å². The van der Waals surface area contributed by atoms with Crippen molar-refractivity contribution in [2.45, 2.75) is 25.8 Å². The molecule has 2 heterocycles. The first-order valence-electron chi connectivity index (χ1n) is 9.21. The van der Waals surface area contributed by atoms with Crippen LogP contribution >= 0.6 is 34.9 Å². The summed E-state index contributed by atoms with van der Waals surface area (Å²) in [7, 11) is 0. The highest BCUT2D eigenvalue weighted by atomic mass is 32.2. The zero-order valence-electron chi connectivity index (χ0n) is 16.8. The number of fused-ring (bicyclic) bond motifs is 1. The number of allylic oxidation sites excluding steroid dienone is 2. The molecule has 154 valence electrons. The second kappa shape index (κ2) is 10.6. The van der Waals surface area contributed by atoms with Crippen molar-refractivity contribution in [3.05, 3.63) is 69.8 Å². The van der Waals surface area contributed by atoms with Gasteiger partial charge in [-0.15, -0.1) is 11.3 Å². The van der Waals surface area contributed by atoms with Crippen LogP contribution in [0.1, 0.15) is 24.3 Å². The first kappa shape index (κ1) is 22.3. The number of hydrogen-bond acceptors (Lipinski definition) is 7. The predicted molar refractivity (Wildman–Crippen MR) is 127 cm³/mol. The fourth-order valence-corrected chi connectivity index (χ4v) is 5.27. The minimum Gasteiger partial charge on any atom is -0.319 e. The second-order valence-corrected chi connectivity index (χ2v) is 9.59. The summed E-state index contributed by atoms with van der Waals surface area (Å²) < 4.78 is 0. The Bertz CT molecular complexity index is 1120. The van der Waals surface area contributed by atoms with E-state index in [9.17, 15) is 9.59 Å². The molecule has 0 fully saturated rings. The maximum atomic E-state index is 12.6. The quantitative estimate of drug-likeness (QED) is 0.211. The summed E-state index contributed by atoms with van der Waals surface area (Å²) in [5.41, 5.74) is 1.51. The lowest BCUT2D eigenvalue weighted by molar-refractivity contribution is -0.117. The highest BCUT2D eigenvalue weighted by molar-refractivity contribution is 8.11. The average molecular weight is 456 g/mol. The standard InChI is InChI=1S/C22H21N3O2S3/c1-4-18(16-8-6-5-7-9-16)30-20(14(2)11-26)25-19(27)12-28-21-17-10-15(3)29-22(17)24-13-23-21/h4-11,13H,12H2,1-3H3,(H,25,27)/b18-4-,20-14+. The minimum absolute atomic E-state index is 0.188. The number of nitrogens with zero attached hydrogens (tertiary/aromatic N) is 2. The molecule has 0 saturated carbocycles. The van der Waals surface area contributed by atoms with Gasteiger partial charge in [0, 0.05) is 20.7 Å². The molecular formula is C22H21N3O2S3. The average Bonchev–Trinajstić information content (AvgIpc) is 3.15. The number of aryl methyl sites for hydroxylation is 1. The molecule has 0 radical (unpaired) electrons. The molecule has 30 heavy (non-hydrogen) atoms. The molecule has 0 aliphatic heterocycles. The topological polar surface area (TPSA) is 72.0 Å². The van der Waals surface area contributed by atoms with Crippen LogP contribution in [0.15, 0.2) is 64.4 Å². The predicted octanol–water partition coefficient (Wildman–Crippen LogP) is 5.43. The van der Waals surface area contributed by atoms with Gasteiger partial charge in [0.2, 0.25) is 5.91 Å². The van der Waals surface area contributed by atoms with Gasteiger partial charge in [-0.25, -0.2) is 9.97 Å². The fourth-order valence-electron chi connectivity index (χ4n) is 2.62. The van der Waals surface area contributed by atoms with Crippen LogP contribution in [0.25, 0.3) is 15.1 Å². The highest BCUT2D eigenvalue weighted by Crippen LogP contribution is 2.34. The van der Waals surface area contributed by atoms with E-state index in [1.54, 1.807) is 18.3 Å². The monoisotopic (exact) mass is 455 g/mol. The van der Waals surface area contributed by atoms with Crippen LogP contribution in [0.2, 0.25) is 0 Å². The van der Waals surface area contributed by atoms with E-state index in [0.717, 1.165) is 36.9 Å². The molecule has 0 unspecified atom stereocenters. The van der Waals surface area contributed by atoms with Crippen molar-refractivity contribution in [3.63, 3.8) is 0 Å². The van der Waals surface area contributed by atoms with Crippen LogP contribution in [0.4, 0.5) is 0 Å². The molecule has 0 saturated heterocycles. The third-order valence-electron chi connectivity index (χ3n) is 4.08. The number of hydrogen-bond donors (Lipinski definition) is 1. The first-order chi connectivity index (χ1) is 14.5. The van der Waals surface area contributed by atoms with Gasteiger partial charge in [-0.2, -0.15) is 0 Å². The van der Waals surface area contributed by atoms with Crippen LogP contribution in [-0.2, 0) is 9.59 Å². The van der Waals surface area contributed by atoms with E-state index in [-0.39, 0.29) is 11.7 Å². The molecule has 0 aliphatic carbocycles. The Morgan fingerprint density at radius 2 is 2.00 bits per heavy atom. The third-order valence-corrected chi connectivity index (χ3v) is 7.36. The van der Waals surface area contributed by atoms with Crippen molar-refractivity contribution >= 4 is 62.2 Å². The number of thioether (sulfide) groups is 2. The van der Waals surface area contributed by atoms with E-state index in [2.05, 4.69) is 15.3 Å². The van der Waals surface area contributed by atoms with Gasteiger partial charge in [0.1, 0.15) is 22.5 Å². The van der Waals surface area contributed by atoms with Crippen molar-refractivity contribution in [3.8, 4) is 0 Å². The molecule has 1 N–H and O–H groups in total. The summed E-state index contributed by atoms with van der Waals surface area (Å²) in [6.07, 6.45) is 4.25. The molecule has 0 atom stereocenters. The Labute approximate surface area is 188 Å². The van der Waals surface area contributed by atoms with E-state index in [1.165, 1.54) is 29.9 Å². The van der Waals surface area contributed by atoms with E-state index in [1.807, 2.05) is 56.3 Å². The molecule has 2 aromatic heterocycles. The Hall–Kier alpha value is -2.42. The Balaban J connectivity index is 1.71. The number of rotatable bonds is 8. The van der Waals surface area contributed by atoms with Gasteiger partial charge in [-0.3, -0.25) is 9.59 Å². The molecule has 0 aliphatic rings. The molecule has 8 heteroatoms. The van der Waals surface area contributed by atoms with E-state index >= 15 is 0 Å². The van der Waals surface area contributed by atoms with Crippen LogP contribution in [0.3, 0.4) is 0 Å². The number of nitrogens with one attached hydrogen (secondary N) is 1. The van der Waals surface area contributed by atoms with Crippen LogP contribution in [0, 0.1) is 6.92 Å². The summed E-state index contributed by atoms with van der Waals surface area (Å²) in [6, 6.07) is 11.9. The molecule has 5 nitrogen and oxygen atoms in total. The maximum absolute atomic E-state index is 12.6. The Kier molecular flexibility index (Phi) is 7.84. The largest absolute Gasteiger partial charge is 0.319 e. The van der Waals surface area contributed by atoms with Crippen molar-refractivity contribution < 1.29 is 9.59 Å². The van der Waals surface area contributed by atoms with Crippen LogP contribution < -0.4 is 5.32 Å². The summed E-state index contributed by atoms with van der Waals surface area (Å²) in [6.45, 7) is 5.66. The van der Waals surface area contributed by atoms with Crippen molar-refractivity contribution in [2.75, 3.05) is 5.75 Å². The number of carbonyl (C=O) groups excluding carboxylic acids is 2. The lowest BCUT2D eigenvalue weighted by Gasteiger charge is -2.13. The minimum atomic E-state index is -0.189. The number of amides is 1. The van der Waals surface area contributed by atoms with Crippen molar-refractivity contribution in [1.29, 1.82) is 0 Å². The maximum Gasteiger partial charge on any atom is 0.235 e. The normalized spacial score (nSPS) is 12.6. The fraction of sp³-hybridized carbons (Fsp3) is 0.182. The van der Waals surface area contributed by atoms with E-state index in [4.69, 9.17) is 0 Å². The van der Waals surface area contributed by atoms with Crippen LogP contribution in [-0.4, -0.2) is 27.9 Å². The summed E-state index contributed by atoms with van der Waals surface area (Å²) in [4.78, 5) is 35.7. The number of aldehydes is 1. The SMILES string of the molecule is C/C=C(\S/C(NC(=O)CSc1ncnc2sc(C)cc12)=C(\C)C=O)c1ccccc1. The molecule has 3 aromatic rings. The van der Waals surface area contributed by atoms with Gasteiger partial charge >= 0.3 is 0 Å². The van der Waals surface area contributed by atoms with Gasteiger partial charge < -0.3 is 5.32 Å². The van der Waals surface area contributed by atoms with Gasteiger partial charge in [0.15, 0.2) is 0 Å². The van der Waals surface area contributed by atoms with Gasteiger partial charge in [-0.1, -0.05) is 59.9 Å². The van der Waals surface area contributed by atoms with Gasteiger partial charge in [0.05, 0.1) is 10.8 Å². The zero-order chi connectivity index (χ0) is 21.5. The summed E-state index contributed by atoms with van der Waals surface area (Å²) in [5, 5.41) is 5.18. The number of carbonyl (C=O) groups is 2. The van der Waals surface area contributed by atoms with E-state index in [0.29, 0.717) is 10.6 Å². The number of aromatic nitrogens is 2. The molecule has 3 rings (SSSR count). The molecule has 0 bridgehead atoms. The van der Waals surface area contributed by atoms with Gasteiger partial charge in [-0.05, 0) is 32.4 Å². The Morgan fingerprint density at radius 1 is 1.23 bits per heavy atom. The number of thiophene rings is 1. The molecule has 0 spiro atoms. The zero-order valence-corrected chi connectivity index (χ0v) is 19.3. The smallest absolute Gasteiger partial charge is 0.235 e. The Morgan fingerprint density at radius 3 is 2.70 bits per heavy atom. The molecule has 1 aromatic carbocycles. The lowest BCUT2D eigenvalue weighted by atomic mass is 10.2. The van der Waals surface area contributed by atoms with Crippen molar-refractivity contribution in [2.24, 2.45) is 0 Å². The summed E-state index contributed by atoms with van der Waals surface area (Å²) >= 11 is 4.34. The lowest BCUT2D eigenvalue weighted by Crippen LogP contribution is -2.24. The van der Waals surface area contributed by atoms with E-state index < -0.39 is 0 Å². The second-order valence-electron chi connectivity index (χ2n) is 6.34. The molecule has 1 amide bonds. The number of benzene rings is 1. The van der Waals surface area contributed by atoms with Gasteiger partial charge in [0.25, 0.3) is 0 Å². The molecular weight excluding hydrogens is 434 g/mol.